The largest absolute Gasteiger partial charge is 0.477 e. The Balaban J connectivity index is 1.73. The zero-order valence-electron chi connectivity index (χ0n) is 16.7. The van der Waals surface area contributed by atoms with Crippen LogP contribution in [0.5, 0.6) is 5.75 Å². The molecule has 3 N–H and O–H groups in total. The minimum atomic E-state index is -3.31. The molecule has 1 saturated heterocycles. The molecule has 11 heteroatoms. The zero-order valence-corrected chi connectivity index (χ0v) is 16.7. The lowest BCUT2D eigenvalue weighted by atomic mass is 9.99. The number of aromatic carboxylic acids is 1. The highest BCUT2D eigenvalue weighted by atomic mass is 19.3. The summed E-state index contributed by atoms with van der Waals surface area (Å²) in [7, 11) is 0. The summed E-state index contributed by atoms with van der Waals surface area (Å²) in [5.74, 6) is -3.53. The minimum absolute atomic E-state index is 0.0724. The number of carboxylic acids is 1. The van der Waals surface area contributed by atoms with Crippen LogP contribution in [0.1, 0.15) is 35.7 Å². The van der Waals surface area contributed by atoms with E-state index < -0.39 is 47.3 Å². The highest BCUT2D eigenvalue weighted by molar-refractivity contribution is 5.97. The number of hydrogen-bond donors (Lipinski definition) is 3. The molecule has 32 heavy (non-hydrogen) atoms. The molecule has 2 saturated carbocycles. The van der Waals surface area contributed by atoms with Crippen LogP contribution in [-0.4, -0.2) is 57.8 Å². The molecule has 0 amide bonds. The van der Waals surface area contributed by atoms with Gasteiger partial charge in [-0.1, -0.05) is 0 Å². The van der Waals surface area contributed by atoms with Gasteiger partial charge >= 0.3 is 12.6 Å². The van der Waals surface area contributed by atoms with Crippen molar-refractivity contribution in [2.75, 3.05) is 18.0 Å². The van der Waals surface area contributed by atoms with Crippen molar-refractivity contribution in [1.82, 2.24) is 4.57 Å². The molecule has 172 valence electrons. The van der Waals surface area contributed by atoms with Gasteiger partial charge in [-0.2, -0.15) is 8.78 Å². The summed E-state index contributed by atoms with van der Waals surface area (Å²) in [5, 5.41) is 29.1. The van der Waals surface area contributed by atoms with E-state index in [4.69, 9.17) is 4.74 Å². The number of fused-ring (bicyclic) bond motifs is 2. The van der Waals surface area contributed by atoms with Gasteiger partial charge in [-0.15, -0.1) is 0 Å². The van der Waals surface area contributed by atoms with Crippen LogP contribution in [0.2, 0.25) is 0 Å². The van der Waals surface area contributed by atoms with Crippen LogP contribution in [0.4, 0.5) is 18.9 Å². The molecule has 2 aliphatic carbocycles. The van der Waals surface area contributed by atoms with E-state index in [1.165, 1.54) is 9.47 Å². The first-order chi connectivity index (χ1) is 15.2. The minimum Gasteiger partial charge on any atom is -0.477 e. The third-order valence-corrected chi connectivity index (χ3v) is 6.76. The molecule has 4 atom stereocenters. The third-order valence-electron chi connectivity index (χ3n) is 6.76. The van der Waals surface area contributed by atoms with Crippen LogP contribution < -0.4 is 15.1 Å². The lowest BCUT2D eigenvalue weighted by Crippen LogP contribution is -2.31. The van der Waals surface area contributed by atoms with Gasteiger partial charge in [0.25, 0.3) is 0 Å². The molecule has 2 aromatic rings. The first kappa shape index (κ1) is 21.1. The summed E-state index contributed by atoms with van der Waals surface area (Å²) >= 11 is 0. The van der Waals surface area contributed by atoms with E-state index >= 15 is 4.39 Å². The van der Waals surface area contributed by atoms with E-state index in [0.29, 0.717) is 19.3 Å². The summed E-state index contributed by atoms with van der Waals surface area (Å²) in [6.07, 6.45) is 0.808. The van der Waals surface area contributed by atoms with Crippen molar-refractivity contribution in [3.8, 4) is 5.75 Å². The molecule has 1 aliphatic heterocycles. The molecule has 3 aliphatic rings. The van der Waals surface area contributed by atoms with E-state index in [-0.39, 0.29) is 47.6 Å². The maximum atomic E-state index is 15.3. The third kappa shape index (κ3) is 3.22. The van der Waals surface area contributed by atoms with Crippen LogP contribution in [0.3, 0.4) is 0 Å². The predicted molar refractivity (Wildman–Crippen MR) is 106 cm³/mol. The Labute approximate surface area is 179 Å². The van der Waals surface area contributed by atoms with Crippen molar-refractivity contribution >= 4 is 22.6 Å². The quantitative estimate of drug-likeness (QED) is 0.633. The number of hydrogen-bond acceptors (Lipinski definition) is 6. The van der Waals surface area contributed by atoms with Crippen molar-refractivity contribution < 1.29 is 38.0 Å². The molecule has 0 spiro atoms. The average molecular weight is 454 g/mol. The lowest BCUT2D eigenvalue weighted by Gasteiger charge is -2.26. The van der Waals surface area contributed by atoms with Crippen LogP contribution in [0.15, 0.2) is 17.1 Å². The summed E-state index contributed by atoms with van der Waals surface area (Å²) in [4.78, 5) is 25.8. The summed E-state index contributed by atoms with van der Waals surface area (Å²) in [6, 6.07) is 0.653. The zero-order chi connectivity index (χ0) is 22.9. The topological polar surface area (TPSA) is 112 Å². The van der Waals surface area contributed by atoms with Gasteiger partial charge in [0.05, 0.1) is 23.1 Å². The van der Waals surface area contributed by atoms with Gasteiger partial charge in [-0.25, -0.2) is 9.18 Å². The van der Waals surface area contributed by atoms with E-state index in [1.54, 1.807) is 0 Å². The van der Waals surface area contributed by atoms with Gasteiger partial charge in [0, 0.05) is 31.2 Å². The Morgan fingerprint density at radius 1 is 1.22 bits per heavy atom. The highest BCUT2D eigenvalue weighted by Crippen LogP contribution is 2.47. The lowest BCUT2D eigenvalue weighted by molar-refractivity contribution is -0.0488. The molecule has 2 heterocycles. The summed E-state index contributed by atoms with van der Waals surface area (Å²) in [5.41, 5.74) is -1.89. The van der Waals surface area contributed by atoms with Crippen molar-refractivity contribution in [2.24, 2.45) is 11.8 Å². The van der Waals surface area contributed by atoms with Crippen molar-refractivity contribution in [3.05, 3.63) is 33.9 Å². The van der Waals surface area contributed by atoms with Gasteiger partial charge in [-0.05, 0) is 31.2 Å². The monoisotopic (exact) mass is 454 g/mol. The molecule has 4 unspecified atom stereocenters. The Morgan fingerprint density at radius 3 is 2.53 bits per heavy atom. The number of halogens is 3. The van der Waals surface area contributed by atoms with Crippen LogP contribution in [0, 0.1) is 17.7 Å². The standard InChI is InChI=1S/C21H21F3N2O6/c22-13-4-10-15(26(9-1-2-9)7-12(17(10)28)20(30)31)19(32-21(23)24)16(13)25-5-8-3-14(27)18(29)11(8)6-25/h4,7-9,11,14,18,21,27,29H,1-3,5-6H2,(H,30,31). The highest BCUT2D eigenvalue weighted by Gasteiger charge is 2.48. The summed E-state index contributed by atoms with van der Waals surface area (Å²) < 4.78 is 48.4. The molecular formula is C21H21F3N2O6. The smallest absolute Gasteiger partial charge is 0.387 e. The van der Waals surface area contributed by atoms with Crippen molar-refractivity contribution in [3.63, 3.8) is 0 Å². The number of carbonyl (C=O) groups is 1. The van der Waals surface area contributed by atoms with Crippen molar-refractivity contribution in [2.45, 2.75) is 44.1 Å². The van der Waals surface area contributed by atoms with Gasteiger partial charge in [0.15, 0.2) is 11.6 Å². The average Bonchev–Trinajstić information content (AvgIpc) is 3.42. The van der Waals surface area contributed by atoms with Crippen LogP contribution in [-0.2, 0) is 0 Å². The first-order valence-corrected chi connectivity index (χ1v) is 10.4. The van der Waals surface area contributed by atoms with Crippen molar-refractivity contribution in [1.29, 1.82) is 0 Å². The molecule has 1 aromatic heterocycles. The van der Waals surface area contributed by atoms with Crippen LogP contribution >= 0.6 is 0 Å². The Hall–Kier alpha value is -2.79. The normalized spacial score (nSPS) is 27.4. The number of anilines is 1. The first-order valence-electron chi connectivity index (χ1n) is 10.4. The number of benzene rings is 1. The van der Waals surface area contributed by atoms with E-state index in [2.05, 4.69) is 0 Å². The van der Waals surface area contributed by atoms with Gasteiger partial charge in [-0.3, -0.25) is 4.79 Å². The molecule has 1 aromatic carbocycles. The maximum Gasteiger partial charge on any atom is 0.387 e. The number of aliphatic hydroxyl groups is 2. The number of pyridine rings is 1. The fourth-order valence-electron chi connectivity index (χ4n) is 5.18. The number of carboxylic acid groups (broad SMARTS) is 1. The summed E-state index contributed by atoms with van der Waals surface area (Å²) in [6.45, 7) is -2.98. The number of nitrogens with zero attached hydrogens (tertiary/aromatic N) is 2. The van der Waals surface area contributed by atoms with Gasteiger partial charge in [0.1, 0.15) is 11.3 Å². The molecular weight excluding hydrogens is 433 g/mol. The molecule has 8 nitrogen and oxygen atoms in total. The maximum absolute atomic E-state index is 15.3. The van der Waals surface area contributed by atoms with Crippen LogP contribution in [0.25, 0.3) is 10.9 Å². The van der Waals surface area contributed by atoms with Gasteiger partial charge < -0.3 is 29.5 Å². The second-order valence-electron chi connectivity index (χ2n) is 8.75. The fourth-order valence-corrected chi connectivity index (χ4v) is 5.18. The van der Waals surface area contributed by atoms with E-state index in [9.17, 15) is 33.7 Å². The Bertz CT molecular complexity index is 1160. The molecule has 0 bridgehead atoms. The second-order valence-corrected chi connectivity index (χ2v) is 8.75. The molecule has 3 fully saturated rings. The Kier molecular flexibility index (Phi) is 4.86. The number of rotatable bonds is 5. The molecule has 0 radical (unpaired) electrons. The predicted octanol–water partition coefficient (Wildman–Crippen LogP) is 1.95. The SMILES string of the molecule is O=C(O)c1cn(C2CC2)c2c(OC(F)F)c(N3CC4CC(O)C(O)C4C3)c(F)cc2c1=O. The van der Waals surface area contributed by atoms with Gasteiger partial charge in [0.2, 0.25) is 5.43 Å². The van der Waals surface area contributed by atoms with E-state index in [1.807, 2.05) is 0 Å². The second kappa shape index (κ2) is 7.38. The Morgan fingerprint density at radius 2 is 1.94 bits per heavy atom. The van der Waals surface area contributed by atoms with E-state index in [0.717, 1.165) is 12.3 Å². The number of alkyl halides is 2. The number of aromatic nitrogens is 1. The number of aliphatic hydroxyl groups excluding tert-OH is 2. The number of ether oxygens (including phenoxy) is 1. The fraction of sp³-hybridized carbons (Fsp3) is 0.524. The molecule has 5 rings (SSSR count).